The molecule has 3 rings (SSSR count). The number of hydrogen-bond donors (Lipinski definition) is 2. The largest absolute Gasteiger partial charge is 0.347 e. The van der Waals surface area contributed by atoms with Gasteiger partial charge in [-0.1, -0.05) is 0 Å². The molecule has 0 saturated heterocycles. The number of fused-ring (bicyclic) bond motifs is 1. The standard InChI is InChI=1S/C23H27N3O3/c1-15(27)26-13-5-6-18-14-19(11-12-20(18)26)24-21(28)16-7-9-17(10-8-16)22(29)25-23(2,3)4/h7-12,14H,5-6,13H2,1-4H3,(H,24,28)(H,25,29). The Morgan fingerprint density at radius 3 is 2.14 bits per heavy atom. The maximum absolute atomic E-state index is 12.6. The van der Waals surface area contributed by atoms with Crippen LogP contribution in [0.5, 0.6) is 0 Å². The van der Waals surface area contributed by atoms with Gasteiger partial charge in [0.1, 0.15) is 0 Å². The van der Waals surface area contributed by atoms with Crippen LogP contribution in [0, 0.1) is 0 Å². The molecule has 0 unspecified atom stereocenters. The summed E-state index contributed by atoms with van der Waals surface area (Å²) >= 11 is 0. The van der Waals surface area contributed by atoms with Crippen molar-refractivity contribution in [3.8, 4) is 0 Å². The third kappa shape index (κ3) is 5.02. The molecule has 2 aromatic rings. The van der Waals surface area contributed by atoms with Gasteiger partial charge in [0, 0.05) is 41.5 Å². The maximum atomic E-state index is 12.6. The minimum absolute atomic E-state index is 0.0262. The first-order chi connectivity index (χ1) is 13.6. The molecule has 2 aromatic carbocycles. The monoisotopic (exact) mass is 393 g/mol. The van der Waals surface area contributed by atoms with Gasteiger partial charge >= 0.3 is 0 Å². The highest BCUT2D eigenvalue weighted by atomic mass is 16.2. The van der Waals surface area contributed by atoms with E-state index in [0.717, 1.165) is 30.6 Å². The molecule has 0 atom stereocenters. The van der Waals surface area contributed by atoms with Gasteiger partial charge in [-0.25, -0.2) is 0 Å². The van der Waals surface area contributed by atoms with Gasteiger partial charge in [0.05, 0.1) is 0 Å². The SMILES string of the molecule is CC(=O)N1CCCc2cc(NC(=O)c3ccc(C(=O)NC(C)(C)C)cc3)ccc21. The van der Waals surface area contributed by atoms with Crippen molar-refractivity contribution in [1.29, 1.82) is 0 Å². The summed E-state index contributed by atoms with van der Waals surface area (Å²) in [4.78, 5) is 38.4. The van der Waals surface area contributed by atoms with Crippen LogP contribution >= 0.6 is 0 Å². The van der Waals surface area contributed by atoms with E-state index in [4.69, 9.17) is 0 Å². The first-order valence-corrected chi connectivity index (χ1v) is 9.79. The third-order valence-corrected chi connectivity index (χ3v) is 4.73. The lowest BCUT2D eigenvalue weighted by Crippen LogP contribution is -2.40. The predicted octanol–water partition coefficient (Wildman–Crippen LogP) is 3.77. The Kier molecular flexibility index (Phi) is 5.73. The Labute approximate surface area is 171 Å². The van der Waals surface area contributed by atoms with Crippen LogP contribution in [0.2, 0.25) is 0 Å². The molecule has 6 heteroatoms. The van der Waals surface area contributed by atoms with Crippen molar-refractivity contribution >= 4 is 29.1 Å². The number of hydrogen-bond acceptors (Lipinski definition) is 3. The summed E-state index contributed by atoms with van der Waals surface area (Å²) in [6.07, 6.45) is 1.78. The van der Waals surface area contributed by atoms with E-state index in [1.165, 1.54) is 0 Å². The molecule has 6 nitrogen and oxygen atoms in total. The number of anilines is 2. The fraction of sp³-hybridized carbons (Fsp3) is 0.348. The summed E-state index contributed by atoms with van der Waals surface area (Å²) in [7, 11) is 0. The zero-order chi connectivity index (χ0) is 21.2. The van der Waals surface area contributed by atoms with Crippen molar-refractivity contribution in [3.05, 3.63) is 59.2 Å². The third-order valence-electron chi connectivity index (χ3n) is 4.73. The molecular formula is C23H27N3O3. The zero-order valence-corrected chi connectivity index (χ0v) is 17.3. The lowest BCUT2D eigenvalue weighted by Gasteiger charge is -2.29. The topological polar surface area (TPSA) is 78.5 Å². The second kappa shape index (κ2) is 8.07. The maximum Gasteiger partial charge on any atom is 0.255 e. The average molecular weight is 393 g/mol. The number of amides is 3. The number of nitrogens with zero attached hydrogens (tertiary/aromatic N) is 1. The average Bonchev–Trinajstić information content (AvgIpc) is 2.66. The summed E-state index contributed by atoms with van der Waals surface area (Å²) in [6, 6.07) is 12.2. The molecular weight excluding hydrogens is 366 g/mol. The van der Waals surface area contributed by atoms with Crippen LogP contribution in [0.25, 0.3) is 0 Å². The molecule has 1 heterocycles. The van der Waals surface area contributed by atoms with Crippen LogP contribution < -0.4 is 15.5 Å². The van der Waals surface area contributed by atoms with Crippen LogP contribution in [0.1, 0.15) is 60.4 Å². The number of carbonyl (C=O) groups is 3. The van der Waals surface area contributed by atoms with Gasteiger partial charge in [-0.15, -0.1) is 0 Å². The molecule has 0 aliphatic carbocycles. The van der Waals surface area contributed by atoms with Gasteiger partial charge < -0.3 is 15.5 Å². The Balaban J connectivity index is 1.71. The molecule has 0 bridgehead atoms. The van der Waals surface area contributed by atoms with E-state index in [1.807, 2.05) is 39.0 Å². The van der Waals surface area contributed by atoms with Gasteiger partial charge in [-0.05, 0) is 81.6 Å². The Morgan fingerprint density at radius 2 is 1.55 bits per heavy atom. The van der Waals surface area contributed by atoms with Crippen molar-refractivity contribution in [2.45, 2.75) is 46.1 Å². The lowest BCUT2D eigenvalue weighted by molar-refractivity contribution is -0.116. The number of nitrogens with one attached hydrogen (secondary N) is 2. The van der Waals surface area contributed by atoms with Crippen LogP contribution in [0.4, 0.5) is 11.4 Å². The van der Waals surface area contributed by atoms with Gasteiger partial charge in [0.25, 0.3) is 11.8 Å². The van der Waals surface area contributed by atoms with Crippen molar-refractivity contribution in [3.63, 3.8) is 0 Å². The van der Waals surface area contributed by atoms with Crippen molar-refractivity contribution in [2.75, 3.05) is 16.8 Å². The van der Waals surface area contributed by atoms with E-state index in [1.54, 1.807) is 36.1 Å². The van der Waals surface area contributed by atoms with Crippen LogP contribution in [-0.4, -0.2) is 29.8 Å². The highest BCUT2D eigenvalue weighted by Crippen LogP contribution is 2.30. The first kappa shape index (κ1) is 20.6. The fourth-order valence-electron chi connectivity index (χ4n) is 3.39. The summed E-state index contributed by atoms with van der Waals surface area (Å²) in [5.41, 5.74) is 3.32. The van der Waals surface area contributed by atoms with Crippen LogP contribution in [0.15, 0.2) is 42.5 Å². The number of rotatable bonds is 3. The number of aryl methyl sites for hydroxylation is 1. The Hall–Kier alpha value is -3.15. The summed E-state index contributed by atoms with van der Waals surface area (Å²) < 4.78 is 0. The van der Waals surface area contributed by atoms with Gasteiger partial charge in [-0.3, -0.25) is 14.4 Å². The number of carbonyl (C=O) groups excluding carboxylic acids is 3. The predicted molar refractivity (Wildman–Crippen MR) is 114 cm³/mol. The van der Waals surface area contributed by atoms with Crippen LogP contribution in [-0.2, 0) is 11.2 Å². The molecule has 2 N–H and O–H groups in total. The van der Waals surface area contributed by atoms with E-state index in [9.17, 15) is 14.4 Å². The first-order valence-electron chi connectivity index (χ1n) is 9.79. The number of benzene rings is 2. The smallest absolute Gasteiger partial charge is 0.255 e. The minimum Gasteiger partial charge on any atom is -0.347 e. The molecule has 0 saturated carbocycles. The summed E-state index contributed by atoms with van der Waals surface area (Å²) in [5.74, 6) is -0.389. The molecule has 0 fully saturated rings. The minimum atomic E-state index is -0.322. The second-order valence-electron chi connectivity index (χ2n) is 8.35. The lowest BCUT2D eigenvalue weighted by atomic mass is 10.0. The molecule has 1 aliphatic heterocycles. The van der Waals surface area contributed by atoms with Gasteiger partial charge in [0.15, 0.2) is 0 Å². The van der Waals surface area contributed by atoms with E-state index in [0.29, 0.717) is 16.8 Å². The molecule has 0 aromatic heterocycles. The molecule has 152 valence electrons. The molecule has 1 aliphatic rings. The van der Waals surface area contributed by atoms with E-state index in [-0.39, 0.29) is 23.3 Å². The fourth-order valence-corrected chi connectivity index (χ4v) is 3.39. The highest BCUT2D eigenvalue weighted by molar-refractivity contribution is 6.05. The van der Waals surface area contributed by atoms with Crippen molar-refractivity contribution in [2.24, 2.45) is 0 Å². The molecule has 0 spiro atoms. The highest BCUT2D eigenvalue weighted by Gasteiger charge is 2.20. The Morgan fingerprint density at radius 1 is 0.931 bits per heavy atom. The van der Waals surface area contributed by atoms with Crippen LogP contribution in [0.3, 0.4) is 0 Å². The van der Waals surface area contributed by atoms with Crippen molar-refractivity contribution < 1.29 is 14.4 Å². The van der Waals surface area contributed by atoms with E-state index in [2.05, 4.69) is 10.6 Å². The Bertz CT molecular complexity index is 943. The normalized spacial score (nSPS) is 13.4. The van der Waals surface area contributed by atoms with Gasteiger partial charge in [0.2, 0.25) is 5.91 Å². The molecule has 0 radical (unpaired) electrons. The molecule has 3 amide bonds. The van der Waals surface area contributed by atoms with E-state index < -0.39 is 0 Å². The summed E-state index contributed by atoms with van der Waals surface area (Å²) in [5, 5.41) is 5.79. The van der Waals surface area contributed by atoms with E-state index >= 15 is 0 Å². The summed E-state index contributed by atoms with van der Waals surface area (Å²) in [6.45, 7) is 8.04. The second-order valence-corrected chi connectivity index (χ2v) is 8.35. The molecule has 29 heavy (non-hydrogen) atoms. The zero-order valence-electron chi connectivity index (χ0n) is 17.3. The quantitative estimate of drug-likeness (QED) is 0.833. The van der Waals surface area contributed by atoms with Crippen molar-refractivity contribution in [1.82, 2.24) is 5.32 Å². The van der Waals surface area contributed by atoms with Gasteiger partial charge in [-0.2, -0.15) is 0 Å².